The fraction of sp³-hybridized carbons (Fsp3) is 0.143. The van der Waals surface area contributed by atoms with Crippen molar-refractivity contribution in [2.75, 3.05) is 0 Å². The van der Waals surface area contributed by atoms with Gasteiger partial charge in [-0.15, -0.1) is 0 Å². The van der Waals surface area contributed by atoms with Gasteiger partial charge in [-0.25, -0.2) is 13.6 Å². The molecule has 0 heterocycles. The molecule has 0 aromatic heterocycles. The van der Waals surface area contributed by atoms with Crippen molar-refractivity contribution in [2.45, 2.75) is 17.4 Å². The molecular formula is C14H16N2O2S. The lowest BCUT2D eigenvalue weighted by Gasteiger charge is -2.12. The molecule has 0 aliphatic carbocycles. The molecule has 4 N–H and O–H groups in total. The summed E-state index contributed by atoms with van der Waals surface area (Å²) in [5, 5.41) is 5.05. The molecule has 4 nitrogen and oxygen atoms in total. The van der Waals surface area contributed by atoms with Crippen LogP contribution in [0.3, 0.4) is 0 Å². The zero-order valence-corrected chi connectivity index (χ0v) is 11.2. The molecule has 1 atom stereocenters. The SMILES string of the molecule is NC(Cc1ccc(S(N)(=O)=O)cc1)c1ccccc1. The maximum atomic E-state index is 11.1. The first-order valence-electron chi connectivity index (χ1n) is 5.89. The minimum atomic E-state index is -3.63. The third-order valence-corrected chi connectivity index (χ3v) is 3.86. The van der Waals surface area contributed by atoms with Gasteiger partial charge in [0.05, 0.1) is 4.90 Å². The van der Waals surface area contributed by atoms with E-state index in [4.69, 9.17) is 10.9 Å². The number of hydrogen-bond donors (Lipinski definition) is 2. The van der Waals surface area contributed by atoms with Crippen molar-refractivity contribution in [2.24, 2.45) is 10.9 Å². The predicted octanol–water partition coefficient (Wildman–Crippen LogP) is 1.58. The van der Waals surface area contributed by atoms with Gasteiger partial charge in [-0.2, -0.15) is 0 Å². The van der Waals surface area contributed by atoms with Crippen molar-refractivity contribution in [1.29, 1.82) is 0 Å². The van der Waals surface area contributed by atoms with E-state index in [0.717, 1.165) is 11.1 Å². The lowest BCUT2D eigenvalue weighted by Crippen LogP contribution is -2.14. The Bertz CT molecular complexity index is 637. The Labute approximate surface area is 113 Å². The molecule has 0 radical (unpaired) electrons. The smallest absolute Gasteiger partial charge is 0.238 e. The number of rotatable bonds is 4. The van der Waals surface area contributed by atoms with E-state index >= 15 is 0 Å². The predicted molar refractivity (Wildman–Crippen MR) is 74.9 cm³/mol. The van der Waals surface area contributed by atoms with Crippen molar-refractivity contribution >= 4 is 10.0 Å². The average Bonchev–Trinajstić information content (AvgIpc) is 2.39. The Balaban J connectivity index is 2.12. The average molecular weight is 276 g/mol. The fourth-order valence-corrected chi connectivity index (χ4v) is 2.40. The number of sulfonamides is 1. The van der Waals surface area contributed by atoms with Crippen LogP contribution in [0.1, 0.15) is 17.2 Å². The highest BCUT2D eigenvalue weighted by Gasteiger charge is 2.09. The Morgan fingerprint density at radius 2 is 1.53 bits per heavy atom. The van der Waals surface area contributed by atoms with Crippen LogP contribution in [0.15, 0.2) is 59.5 Å². The number of benzene rings is 2. The molecule has 2 aromatic rings. The molecule has 5 heteroatoms. The van der Waals surface area contributed by atoms with Crippen molar-refractivity contribution in [1.82, 2.24) is 0 Å². The summed E-state index contributed by atoms with van der Waals surface area (Å²) in [7, 11) is -3.63. The zero-order valence-electron chi connectivity index (χ0n) is 10.4. The molecule has 2 aromatic carbocycles. The van der Waals surface area contributed by atoms with Gasteiger partial charge in [-0.1, -0.05) is 42.5 Å². The summed E-state index contributed by atoms with van der Waals surface area (Å²) in [6, 6.07) is 16.2. The van der Waals surface area contributed by atoms with Crippen LogP contribution < -0.4 is 10.9 Å². The summed E-state index contributed by atoms with van der Waals surface area (Å²) in [4.78, 5) is 0.115. The van der Waals surface area contributed by atoms with Gasteiger partial charge in [0.1, 0.15) is 0 Å². The fourth-order valence-electron chi connectivity index (χ4n) is 1.89. The van der Waals surface area contributed by atoms with E-state index in [1.807, 2.05) is 30.3 Å². The van der Waals surface area contributed by atoms with Gasteiger partial charge in [0.25, 0.3) is 0 Å². The number of hydrogen-bond acceptors (Lipinski definition) is 3. The summed E-state index contributed by atoms with van der Waals surface area (Å²) in [5.74, 6) is 0. The third-order valence-electron chi connectivity index (χ3n) is 2.94. The van der Waals surface area contributed by atoms with Crippen molar-refractivity contribution in [3.8, 4) is 0 Å². The molecular weight excluding hydrogens is 260 g/mol. The Morgan fingerprint density at radius 3 is 2.05 bits per heavy atom. The second-order valence-electron chi connectivity index (χ2n) is 4.41. The molecule has 0 bridgehead atoms. The van der Waals surface area contributed by atoms with Crippen molar-refractivity contribution in [3.63, 3.8) is 0 Å². The normalized spacial score (nSPS) is 13.2. The molecule has 2 rings (SSSR count). The van der Waals surface area contributed by atoms with Gasteiger partial charge in [-0.3, -0.25) is 0 Å². The van der Waals surface area contributed by atoms with E-state index in [0.29, 0.717) is 6.42 Å². The molecule has 0 saturated heterocycles. The molecule has 0 amide bonds. The molecule has 19 heavy (non-hydrogen) atoms. The monoisotopic (exact) mass is 276 g/mol. The summed E-state index contributed by atoms with van der Waals surface area (Å²) < 4.78 is 22.3. The van der Waals surface area contributed by atoms with E-state index in [2.05, 4.69) is 0 Å². The third kappa shape index (κ3) is 3.64. The highest BCUT2D eigenvalue weighted by atomic mass is 32.2. The number of primary sulfonamides is 1. The summed E-state index contributed by atoms with van der Waals surface area (Å²) in [5.41, 5.74) is 8.14. The zero-order chi connectivity index (χ0) is 13.9. The Hall–Kier alpha value is -1.69. The van der Waals surface area contributed by atoms with Crippen LogP contribution in [-0.2, 0) is 16.4 Å². The van der Waals surface area contributed by atoms with Gasteiger partial charge >= 0.3 is 0 Å². The van der Waals surface area contributed by atoms with E-state index in [9.17, 15) is 8.42 Å². The van der Waals surface area contributed by atoms with E-state index in [1.165, 1.54) is 12.1 Å². The van der Waals surface area contributed by atoms with Crippen LogP contribution in [0.5, 0.6) is 0 Å². The minimum absolute atomic E-state index is 0.110. The van der Waals surface area contributed by atoms with Crippen LogP contribution in [0.25, 0.3) is 0 Å². The maximum Gasteiger partial charge on any atom is 0.238 e. The highest BCUT2D eigenvalue weighted by molar-refractivity contribution is 7.89. The summed E-state index contributed by atoms with van der Waals surface area (Å²) in [6.45, 7) is 0. The molecule has 0 saturated carbocycles. The summed E-state index contributed by atoms with van der Waals surface area (Å²) >= 11 is 0. The summed E-state index contributed by atoms with van der Waals surface area (Å²) in [6.07, 6.45) is 0.648. The second-order valence-corrected chi connectivity index (χ2v) is 5.97. The van der Waals surface area contributed by atoms with E-state index < -0.39 is 10.0 Å². The van der Waals surface area contributed by atoms with Crippen LogP contribution >= 0.6 is 0 Å². The lowest BCUT2D eigenvalue weighted by molar-refractivity contribution is 0.597. The van der Waals surface area contributed by atoms with E-state index in [1.54, 1.807) is 12.1 Å². The van der Waals surface area contributed by atoms with Gasteiger partial charge in [-0.05, 0) is 29.7 Å². The van der Waals surface area contributed by atoms with Crippen molar-refractivity contribution < 1.29 is 8.42 Å². The van der Waals surface area contributed by atoms with Crippen LogP contribution in [0.2, 0.25) is 0 Å². The van der Waals surface area contributed by atoms with Crippen LogP contribution in [0, 0.1) is 0 Å². The number of nitrogens with two attached hydrogens (primary N) is 2. The Kier molecular flexibility index (Phi) is 3.99. The van der Waals surface area contributed by atoms with Gasteiger partial charge in [0.15, 0.2) is 0 Å². The van der Waals surface area contributed by atoms with E-state index in [-0.39, 0.29) is 10.9 Å². The molecule has 0 aliphatic rings. The lowest BCUT2D eigenvalue weighted by atomic mass is 10.00. The maximum absolute atomic E-state index is 11.1. The molecule has 1 unspecified atom stereocenters. The standard InChI is InChI=1S/C14H16N2O2S/c15-14(12-4-2-1-3-5-12)10-11-6-8-13(9-7-11)19(16,17)18/h1-9,14H,10,15H2,(H2,16,17,18). The van der Waals surface area contributed by atoms with Crippen LogP contribution in [-0.4, -0.2) is 8.42 Å². The van der Waals surface area contributed by atoms with Gasteiger partial charge < -0.3 is 5.73 Å². The first-order valence-corrected chi connectivity index (χ1v) is 7.44. The first kappa shape index (κ1) is 13.7. The van der Waals surface area contributed by atoms with Crippen molar-refractivity contribution in [3.05, 3.63) is 65.7 Å². The van der Waals surface area contributed by atoms with Crippen LogP contribution in [0.4, 0.5) is 0 Å². The quantitative estimate of drug-likeness (QED) is 0.888. The topological polar surface area (TPSA) is 86.2 Å². The Morgan fingerprint density at radius 1 is 0.947 bits per heavy atom. The minimum Gasteiger partial charge on any atom is -0.324 e. The molecule has 0 spiro atoms. The molecule has 100 valence electrons. The molecule has 0 aliphatic heterocycles. The molecule has 0 fully saturated rings. The first-order chi connectivity index (χ1) is 8.97. The van der Waals surface area contributed by atoms with Gasteiger partial charge in [0, 0.05) is 6.04 Å². The second kappa shape index (κ2) is 5.52. The van der Waals surface area contributed by atoms with Gasteiger partial charge in [0.2, 0.25) is 10.0 Å². The largest absolute Gasteiger partial charge is 0.324 e. The highest BCUT2D eigenvalue weighted by Crippen LogP contribution is 2.17.